The van der Waals surface area contributed by atoms with E-state index in [1.165, 1.54) is 32.0 Å². The third-order valence-electron chi connectivity index (χ3n) is 7.02. The molecule has 0 unspecified atom stereocenters. The molecule has 2 aromatic rings. The SMILES string of the molecule is COc1ccc2c(c1OC)C(=O)N1c3ccccc3C(=O)N(CC(=O)NC3CCCCCC3)[C@@H]21. The lowest BCUT2D eigenvalue weighted by molar-refractivity contribution is -0.123. The highest BCUT2D eigenvalue weighted by atomic mass is 16.5. The van der Waals surface area contributed by atoms with Gasteiger partial charge in [0.05, 0.1) is 31.0 Å². The van der Waals surface area contributed by atoms with Crippen LogP contribution >= 0.6 is 0 Å². The molecule has 3 aliphatic rings. The van der Waals surface area contributed by atoms with Crippen LogP contribution in [0.4, 0.5) is 5.69 Å². The second-order valence-corrected chi connectivity index (χ2v) is 9.02. The van der Waals surface area contributed by atoms with E-state index < -0.39 is 6.17 Å². The fourth-order valence-electron chi connectivity index (χ4n) is 5.44. The smallest absolute Gasteiger partial charge is 0.264 e. The number of hydrogen-bond acceptors (Lipinski definition) is 5. The minimum atomic E-state index is -0.732. The first-order chi connectivity index (χ1) is 16.5. The van der Waals surface area contributed by atoms with Gasteiger partial charge in [-0.1, -0.05) is 43.9 Å². The van der Waals surface area contributed by atoms with Crippen LogP contribution in [-0.2, 0) is 4.79 Å². The maximum Gasteiger partial charge on any atom is 0.264 e. The quantitative estimate of drug-likeness (QED) is 0.684. The zero-order valence-corrected chi connectivity index (χ0v) is 19.5. The van der Waals surface area contributed by atoms with Crippen molar-refractivity contribution in [1.29, 1.82) is 0 Å². The van der Waals surface area contributed by atoms with Crippen molar-refractivity contribution in [3.63, 3.8) is 0 Å². The Hall–Kier alpha value is -3.55. The summed E-state index contributed by atoms with van der Waals surface area (Å²) in [6.07, 6.45) is 5.75. The number of nitrogens with zero attached hydrogens (tertiary/aromatic N) is 2. The van der Waals surface area contributed by atoms with Crippen molar-refractivity contribution >= 4 is 23.4 Å². The topological polar surface area (TPSA) is 88.2 Å². The van der Waals surface area contributed by atoms with Crippen LogP contribution in [0.2, 0.25) is 0 Å². The van der Waals surface area contributed by atoms with Crippen LogP contribution in [0.25, 0.3) is 0 Å². The molecule has 0 aromatic heterocycles. The van der Waals surface area contributed by atoms with Gasteiger partial charge in [-0.05, 0) is 31.0 Å². The van der Waals surface area contributed by atoms with E-state index in [1.807, 2.05) is 0 Å². The molecule has 0 spiro atoms. The van der Waals surface area contributed by atoms with Gasteiger partial charge in [-0.3, -0.25) is 19.3 Å². The largest absolute Gasteiger partial charge is 0.493 e. The van der Waals surface area contributed by atoms with Gasteiger partial charge in [-0.25, -0.2) is 0 Å². The van der Waals surface area contributed by atoms with E-state index in [9.17, 15) is 14.4 Å². The Balaban J connectivity index is 1.54. The highest BCUT2D eigenvalue weighted by molar-refractivity contribution is 6.18. The summed E-state index contributed by atoms with van der Waals surface area (Å²) in [4.78, 5) is 43.5. The molecular formula is C26H29N3O5. The van der Waals surface area contributed by atoms with Gasteiger partial charge in [0.1, 0.15) is 12.7 Å². The fourth-order valence-corrected chi connectivity index (χ4v) is 5.44. The monoisotopic (exact) mass is 463 g/mol. The molecule has 0 saturated heterocycles. The number of fused-ring (bicyclic) bond motifs is 5. The van der Waals surface area contributed by atoms with Gasteiger partial charge in [0, 0.05) is 11.6 Å². The van der Waals surface area contributed by atoms with Crippen molar-refractivity contribution < 1.29 is 23.9 Å². The zero-order chi connectivity index (χ0) is 23.8. The summed E-state index contributed by atoms with van der Waals surface area (Å²) in [7, 11) is 3.00. The van der Waals surface area contributed by atoms with Gasteiger partial charge in [0.2, 0.25) is 5.91 Å². The van der Waals surface area contributed by atoms with E-state index in [0.29, 0.717) is 33.9 Å². The Morgan fingerprint density at radius 2 is 1.71 bits per heavy atom. The average Bonchev–Trinajstić information content (AvgIpc) is 2.98. The second-order valence-electron chi connectivity index (χ2n) is 9.02. The van der Waals surface area contributed by atoms with Crippen LogP contribution in [0.1, 0.15) is 71.0 Å². The molecule has 5 rings (SSSR count). The molecule has 1 N–H and O–H groups in total. The van der Waals surface area contributed by atoms with E-state index in [2.05, 4.69) is 5.32 Å². The van der Waals surface area contributed by atoms with E-state index in [-0.39, 0.29) is 30.3 Å². The van der Waals surface area contributed by atoms with Gasteiger partial charge in [-0.2, -0.15) is 0 Å². The van der Waals surface area contributed by atoms with Crippen molar-refractivity contribution in [3.8, 4) is 11.5 Å². The Morgan fingerprint density at radius 1 is 0.971 bits per heavy atom. The van der Waals surface area contributed by atoms with Gasteiger partial charge in [0.15, 0.2) is 11.5 Å². The molecule has 34 heavy (non-hydrogen) atoms. The van der Waals surface area contributed by atoms with Crippen LogP contribution in [-0.4, -0.2) is 49.4 Å². The fraction of sp³-hybridized carbons (Fsp3) is 0.423. The summed E-state index contributed by atoms with van der Waals surface area (Å²) >= 11 is 0. The summed E-state index contributed by atoms with van der Waals surface area (Å²) in [5.74, 6) is -0.00645. The lowest BCUT2D eigenvalue weighted by Crippen LogP contribution is -2.52. The predicted molar refractivity (Wildman–Crippen MR) is 126 cm³/mol. The molecule has 8 nitrogen and oxygen atoms in total. The zero-order valence-electron chi connectivity index (χ0n) is 19.5. The molecule has 1 atom stereocenters. The first kappa shape index (κ1) is 22.3. The maximum absolute atomic E-state index is 13.7. The van der Waals surface area contributed by atoms with E-state index in [0.717, 1.165) is 25.7 Å². The highest BCUT2D eigenvalue weighted by Crippen LogP contribution is 2.49. The first-order valence-electron chi connectivity index (χ1n) is 11.8. The summed E-state index contributed by atoms with van der Waals surface area (Å²) < 4.78 is 10.9. The van der Waals surface area contributed by atoms with Crippen molar-refractivity contribution in [3.05, 3.63) is 53.1 Å². The van der Waals surface area contributed by atoms with Crippen molar-refractivity contribution in [1.82, 2.24) is 10.2 Å². The third kappa shape index (κ3) is 3.57. The molecular weight excluding hydrogens is 434 g/mol. The number of anilines is 1. The minimum Gasteiger partial charge on any atom is -0.493 e. The number of carbonyl (C=O) groups is 3. The van der Waals surface area contributed by atoms with Crippen molar-refractivity contribution in [2.45, 2.75) is 50.7 Å². The van der Waals surface area contributed by atoms with Crippen LogP contribution in [0.3, 0.4) is 0 Å². The second kappa shape index (κ2) is 9.00. The van der Waals surface area contributed by atoms with Crippen LogP contribution in [0.15, 0.2) is 36.4 Å². The van der Waals surface area contributed by atoms with E-state index in [4.69, 9.17) is 9.47 Å². The number of amides is 3. The van der Waals surface area contributed by atoms with Gasteiger partial charge < -0.3 is 19.7 Å². The molecule has 1 aliphatic carbocycles. The number of rotatable bonds is 5. The number of para-hydroxylation sites is 1. The Bertz CT molecular complexity index is 1140. The van der Waals surface area contributed by atoms with E-state index in [1.54, 1.807) is 41.3 Å². The Labute approximate surface area is 198 Å². The number of benzene rings is 2. The number of methoxy groups -OCH3 is 2. The average molecular weight is 464 g/mol. The normalized spacial score (nSPS) is 19.8. The summed E-state index contributed by atoms with van der Waals surface area (Å²) in [5.41, 5.74) is 1.89. The maximum atomic E-state index is 13.7. The molecule has 1 fully saturated rings. The first-order valence-corrected chi connectivity index (χ1v) is 11.8. The van der Waals surface area contributed by atoms with Crippen molar-refractivity contribution in [2.24, 2.45) is 0 Å². The summed E-state index contributed by atoms with van der Waals surface area (Å²) in [6, 6.07) is 10.6. The van der Waals surface area contributed by atoms with Crippen LogP contribution in [0.5, 0.6) is 11.5 Å². The van der Waals surface area contributed by atoms with Gasteiger partial charge in [0.25, 0.3) is 11.8 Å². The standard InChI is InChI=1S/C26H29N3O5/c1-33-20-14-13-18-22(23(20)34-2)26(32)29-19-12-8-7-11-17(19)25(31)28(24(18)29)15-21(30)27-16-9-5-3-4-6-10-16/h7-8,11-14,16,24H,3-6,9-10,15H2,1-2H3,(H,27,30)/t24-/m1/s1. The molecule has 3 amide bonds. The van der Waals surface area contributed by atoms with Crippen molar-refractivity contribution in [2.75, 3.05) is 25.7 Å². The van der Waals surface area contributed by atoms with E-state index >= 15 is 0 Å². The van der Waals surface area contributed by atoms with Crippen LogP contribution in [0, 0.1) is 0 Å². The molecule has 0 bridgehead atoms. The Kier molecular flexibility index (Phi) is 5.89. The molecule has 2 aliphatic heterocycles. The molecule has 1 saturated carbocycles. The summed E-state index contributed by atoms with van der Waals surface area (Å²) in [5, 5.41) is 3.13. The molecule has 0 radical (unpaired) electrons. The molecule has 2 aromatic carbocycles. The highest BCUT2D eigenvalue weighted by Gasteiger charge is 2.50. The van der Waals surface area contributed by atoms with Gasteiger partial charge >= 0.3 is 0 Å². The van der Waals surface area contributed by atoms with Crippen LogP contribution < -0.4 is 19.7 Å². The predicted octanol–water partition coefficient (Wildman–Crippen LogP) is 3.66. The Morgan fingerprint density at radius 3 is 2.41 bits per heavy atom. The number of ether oxygens (including phenoxy) is 2. The number of nitrogens with one attached hydrogen (secondary N) is 1. The van der Waals surface area contributed by atoms with Gasteiger partial charge in [-0.15, -0.1) is 0 Å². The molecule has 2 heterocycles. The molecule has 178 valence electrons. The third-order valence-corrected chi connectivity index (χ3v) is 7.02. The lowest BCUT2D eigenvalue weighted by atomic mass is 10.0. The summed E-state index contributed by atoms with van der Waals surface area (Å²) in [6.45, 7) is -0.133. The lowest BCUT2D eigenvalue weighted by Gasteiger charge is -2.40. The minimum absolute atomic E-state index is 0.125. The number of carbonyl (C=O) groups excluding carboxylic acids is 3. The molecule has 8 heteroatoms. The number of hydrogen-bond donors (Lipinski definition) is 1.